The molecular formula is C36H43FN4O5S. The minimum Gasteiger partial charge on any atom is -0.376 e. The number of fused-ring (bicyclic) bond motifs is 1. The number of likely N-dealkylation sites (tertiary alicyclic amines) is 1. The van der Waals surface area contributed by atoms with Gasteiger partial charge in [-0.15, -0.1) is 11.3 Å². The number of nitrogens with zero attached hydrogens (tertiary/aromatic N) is 3. The zero-order valence-electron chi connectivity index (χ0n) is 27.1. The second kappa shape index (κ2) is 14.6. The summed E-state index contributed by atoms with van der Waals surface area (Å²) in [5, 5.41) is 5.52. The van der Waals surface area contributed by atoms with E-state index in [1.54, 1.807) is 19.9 Å². The number of amides is 3. The van der Waals surface area contributed by atoms with Crippen molar-refractivity contribution in [3.8, 4) is 0 Å². The first kappa shape index (κ1) is 33.2. The topological polar surface area (TPSA) is 99.3 Å². The van der Waals surface area contributed by atoms with Gasteiger partial charge in [0.05, 0.1) is 30.7 Å². The minimum atomic E-state index is -0.537. The van der Waals surface area contributed by atoms with Crippen LogP contribution in [0.1, 0.15) is 60.5 Å². The van der Waals surface area contributed by atoms with Crippen molar-refractivity contribution in [3.05, 3.63) is 64.3 Å². The van der Waals surface area contributed by atoms with Crippen LogP contribution in [0.5, 0.6) is 0 Å². The molecule has 0 radical (unpaired) electrons. The first-order valence-corrected chi connectivity index (χ1v) is 17.5. The van der Waals surface area contributed by atoms with Gasteiger partial charge in [0.1, 0.15) is 12.1 Å². The van der Waals surface area contributed by atoms with E-state index in [4.69, 9.17) is 4.74 Å². The molecule has 1 saturated carbocycles. The van der Waals surface area contributed by atoms with Crippen molar-refractivity contribution in [2.75, 3.05) is 44.6 Å². The van der Waals surface area contributed by atoms with Gasteiger partial charge in [0.15, 0.2) is 0 Å². The van der Waals surface area contributed by atoms with E-state index in [1.807, 2.05) is 39.4 Å². The van der Waals surface area contributed by atoms with Crippen molar-refractivity contribution >= 4 is 51.1 Å². The molecule has 2 saturated heterocycles. The second-order valence-electron chi connectivity index (χ2n) is 13.2. The number of piperazine rings is 1. The lowest BCUT2D eigenvalue weighted by molar-refractivity contribution is -0.133. The molecule has 3 aliphatic rings. The summed E-state index contributed by atoms with van der Waals surface area (Å²) in [5.74, 6) is -0.820. The molecule has 3 fully saturated rings. The smallest absolute Gasteiger partial charge is 0.257 e. The molecule has 2 aromatic carbocycles. The van der Waals surface area contributed by atoms with Gasteiger partial charge >= 0.3 is 0 Å². The monoisotopic (exact) mass is 662 g/mol. The first-order valence-electron chi connectivity index (χ1n) is 16.6. The molecular weight excluding hydrogens is 619 g/mol. The number of aryl methyl sites for hydroxylation is 1. The van der Waals surface area contributed by atoms with Gasteiger partial charge in [-0.3, -0.25) is 19.3 Å². The molecule has 250 valence electrons. The molecule has 0 spiro atoms. The largest absolute Gasteiger partial charge is 0.376 e. The van der Waals surface area contributed by atoms with Crippen LogP contribution >= 0.6 is 11.3 Å². The predicted octanol–water partition coefficient (Wildman–Crippen LogP) is 5.05. The Morgan fingerprint density at radius 3 is 2.53 bits per heavy atom. The molecule has 2 atom stereocenters. The van der Waals surface area contributed by atoms with Crippen molar-refractivity contribution in [2.24, 2.45) is 5.92 Å². The van der Waals surface area contributed by atoms with Crippen LogP contribution in [-0.2, 0) is 25.5 Å². The lowest BCUT2D eigenvalue weighted by atomic mass is 9.88. The number of carbonyl (C=O) groups is 4. The highest BCUT2D eigenvalue weighted by atomic mass is 32.1. The molecule has 0 unspecified atom stereocenters. The van der Waals surface area contributed by atoms with E-state index in [-0.39, 0.29) is 53.8 Å². The van der Waals surface area contributed by atoms with Gasteiger partial charge in [0.2, 0.25) is 11.8 Å². The van der Waals surface area contributed by atoms with E-state index in [9.17, 15) is 19.2 Å². The Kier molecular flexibility index (Phi) is 10.3. The third-order valence-electron chi connectivity index (χ3n) is 10.1. The van der Waals surface area contributed by atoms with Gasteiger partial charge < -0.3 is 24.6 Å². The number of benzene rings is 2. The average Bonchev–Trinajstić information content (AvgIpc) is 3.71. The maximum absolute atomic E-state index is 15.5. The standard InChI is InChI=1S/C36H43FN4O5S/c1-23-15-26(32(37)18-33(23)38-36(45)31-22-47-34-6-4-3-5-30(31)34)16-35(44)41-19-27(40-13-11-39(12-14-40)24(2)43)17-28(41)21-46-29-9-7-25(20-42)8-10-29/h3-6,15,18,20,22,25,27-29H,7-14,16-17,19,21H2,1-2H3,(H,38,45)/t25-,27-,28-,29-/m0/s1. The number of rotatable bonds is 9. The summed E-state index contributed by atoms with van der Waals surface area (Å²) in [5.41, 5.74) is 1.88. The van der Waals surface area contributed by atoms with Gasteiger partial charge in [-0.05, 0) is 62.3 Å². The van der Waals surface area contributed by atoms with Crippen LogP contribution in [0.15, 0.2) is 41.8 Å². The van der Waals surface area contributed by atoms with E-state index >= 15 is 4.39 Å². The number of aldehydes is 1. The van der Waals surface area contributed by atoms with Crippen LogP contribution < -0.4 is 5.32 Å². The van der Waals surface area contributed by atoms with E-state index in [2.05, 4.69) is 10.2 Å². The summed E-state index contributed by atoms with van der Waals surface area (Å²) >= 11 is 1.49. The lowest BCUT2D eigenvalue weighted by Crippen LogP contribution is -2.52. The van der Waals surface area contributed by atoms with Crippen LogP contribution in [0.2, 0.25) is 0 Å². The van der Waals surface area contributed by atoms with Gasteiger partial charge in [0, 0.05) is 72.8 Å². The molecule has 6 rings (SSSR count). The normalized spacial score (nSPS) is 23.6. The molecule has 0 bridgehead atoms. The van der Waals surface area contributed by atoms with Crippen LogP contribution in [0.3, 0.4) is 0 Å². The van der Waals surface area contributed by atoms with Crippen LogP contribution in [0, 0.1) is 18.7 Å². The van der Waals surface area contributed by atoms with Gasteiger partial charge in [-0.1, -0.05) is 24.3 Å². The van der Waals surface area contributed by atoms with E-state index in [0.29, 0.717) is 43.1 Å². The number of hydrogen-bond acceptors (Lipinski definition) is 7. The van der Waals surface area contributed by atoms with Crippen molar-refractivity contribution < 1.29 is 28.3 Å². The zero-order valence-corrected chi connectivity index (χ0v) is 27.9. The fourth-order valence-electron chi connectivity index (χ4n) is 7.28. The molecule has 11 heteroatoms. The average molecular weight is 663 g/mol. The van der Waals surface area contributed by atoms with E-state index in [0.717, 1.165) is 61.6 Å². The maximum Gasteiger partial charge on any atom is 0.257 e. The number of nitrogens with one attached hydrogen (secondary N) is 1. The molecule has 3 amide bonds. The Balaban J connectivity index is 1.13. The highest BCUT2D eigenvalue weighted by molar-refractivity contribution is 7.17. The van der Waals surface area contributed by atoms with Crippen molar-refractivity contribution in [2.45, 2.75) is 70.6 Å². The van der Waals surface area contributed by atoms with Crippen LogP contribution in [-0.4, -0.2) is 96.2 Å². The summed E-state index contributed by atoms with van der Waals surface area (Å²) in [7, 11) is 0. The molecule has 47 heavy (non-hydrogen) atoms. The number of halogens is 1. The number of ether oxygens (including phenoxy) is 1. The Bertz CT molecular complexity index is 1630. The van der Waals surface area contributed by atoms with Crippen LogP contribution in [0.4, 0.5) is 10.1 Å². The highest BCUT2D eigenvalue weighted by Crippen LogP contribution is 2.30. The zero-order chi connectivity index (χ0) is 33.1. The highest BCUT2D eigenvalue weighted by Gasteiger charge is 2.39. The minimum absolute atomic E-state index is 0.0660. The van der Waals surface area contributed by atoms with E-state index in [1.165, 1.54) is 17.4 Å². The molecule has 3 aromatic rings. The third kappa shape index (κ3) is 7.58. The number of thiophene rings is 1. The Hall–Kier alpha value is -3.67. The number of anilines is 1. The van der Waals surface area contributed by atoms with Crippen molar-refractivity contribution in [3.63, 3.8) is 0 Å². The van der Waals surface area contributed by atoms with Crippen LogP contribution in [0.25, 0.3) is 10.1 Å². The quantitative estimate of drug-likeness (QED) is 0.322. The molecule has 1 aliphatic carbocycles. The van der Waals surface area contributed by atoms with Gasteiger partial charge in [0.25, 0.3) is 5.91 Å². The summed E-state index contributed by atoms with van der Waals surface area (Å²) in [6.45, 7) is 7.14. The van der Waals surface area contributed by atoms with Crippen molar-refractivity contribution in [1.82, 2.24) is 14.7 Å². The number of hydrogen-bond donors (Lipinski definition) is 1. The van der Waals surface area contributed by atoms with Crippen molar-refractivity contribution in [1.29, 1.82) is 0 Å². The molecule has 1 aromatic heterocycles. The SMILES string of the molecule is CC(=O)N1CCN([C@H]2C[C@@H](CO[C@H]3CC[C@H](C=O)CC3)N(C(=O)Cc3cc(C)c(NC(=O)c4csc5ccccc45)cc3F)C2)CC1. The molecule has 2 aliphatic heterocycles. The molecule has 3 heterocycles. The van der Waals surface area contributed by atoms with Gasteiger partial charge in [-0.2, -0.15) is 0 Å². The lowest BCUT2D eigenvalue weighted by Gasteiger charge is -2.37. The van der Waals surface area contributed by atoms with E-state index < -0.39 is 5.82 Å². The second-order valence-corrected chi connectivity index (χ2v) is 14.1. The fourth-order valence-corrected chi connectivity index (χ4v) is 8.22. The van der Waals surface area contributed by atoms with Gasteiger partial charge in [-0.25, -0.2) is 4.39 Å². The Morgan fingerprint density at radius 2 is 1.81 bits per heavy atom. The third-order valence-corrected chi connectivity index (χ3v) is 11.1. The predicted molar refractivity (Wildman–Crippen MR) is 180 cm³/mol. The Labute approximate surface area is 279 Å². The first-order chi connectivity index (χ1) is 22.7. The number of carbonyl (C=O) groups excluding carboxylic acids is 4. The molecule has 9 nitrogen and oxygen atoms in total. The summed E-state index contributed by atoms with van der Waals surface area (Å²) in [6, 6.07) is 10.6. The summed E-state index contributed by atoms with van der Waals surface area (Å²) < 4.78 is 22.9. The maximum atomic E-state index is 15.5. The molecule has 1 N–H and O–H groups in total. The Morgan fingerprint density at radius 1 is 1.06 bits per heavy atom. The fraction of sp³-hybridized carbons (Fsp3) is 0.500. The summed E-state index contributed by atoms with van der Waals surface area (Å²) in [4.78, 5) is 56.1. The summed E-state index contributed by atoms with van der Waals surface area (Å²) in [6.07, 6.45) is 5.06.